The van der Waals surface area contributed by atoms with E-state index >= 15 is 0 Å². The minimum Gasteiger partial charge on any atom is -0.399 e. The maximum atomic E-state index is 12.0. The molecule has 2 unspecified atom stereocenters. The highest BCUT2D eigenvalue weighted by Gasteiger charge is 2.27. The number of rotatable bonds is 6. The molecule has 0 radical (unpaired) electrons. The monoisotopic (exact) mass is 298 g/mol. The van der Waals surface area contributed by atoms with Crippen molar-refractivity contribution >= 4 is 15.7 Å². The summed E-state index contributed by atoms with van der Waals surface area (Å²) in [6.07, 6.45) is 3.02. The Hall–Kier alpha value is -1.11. The van der Waals surface area contributed by atoms with Gasteiger partial charge in [-0.15, -0.1) is 0 Å². The van der Waals surface area contributed by atoms with Gasteiger partial charge in [-0.2, -0.15) is 0 Å². The van der Waals surface area contributed by atoms with Crippen molar-refractivity contribution in [3.8, 4) is 0 Å². The van der Waals surface area contributed by atoms with Gasteiger partial charge >= 0.3 is 0 Å². The molecule has 4 N–H and O–H groups in total. The van der Waals surface area contributed by atoms with Crippen LogP contribution in [0.4, 0.5) is 5.69 Å². The summed E-state index contributed by atoms with van der Waals surface area (Å²) in [4.78, 5) is 0. The quantitative estimate of drug-likeness (QED) is 0.686. The van der Waals surface area contributed by atoms with Gasteiger partial charge in [-0.3, -0.25) is 0 Å². The van der Waals surface area contributed by atoms with Crippen LogP contribution in [0, 0.1) is 11.8 Å². The molecule has 1 saturated carbocycles. The predicted molar refractivity (Wildman–Crippen MR) is 79.4 cm³/mol. The lowest BCUT2D eigenvalue weighted by Gasteiger charge is -2.17. The second-order valence-corrected chi connectivity index (χ2v) is 7.29. The van der Waals surface area contributed by atoms with Crippen LogP contribution in [0.25, 0.3) is 0 Å². The molecule has 1 fully saturated rings. The summed E-state index contributed by atoms with van der Waals surface area (Å²) >= 11 is 0. The van der Waals surface area contributed by atoms with Gasteiger partial charge in [0.1, 0.15) is 0 Å². The fraction of sp³-hybridized carbons (Fsp3) is 0.571. The number of nitrogens with two attached hydrogens (primary N) is 1. The Morgan fingerprint density at radius 3 is 2.75 bits per heavy atom. The number of anilines is 1. The SMILES string of the molecule is Nc1cccc(CS(=O)(=O)NCC2CCCC2CO)c1. The molecule has 1 aliphatic rings. The first-order valence-corrected chi connectivity index (χ1v) is 8.58. The van der Waals surface area contributed by atoms with E-state index in [-0.39, 0.29) is 24.2 Å². The zero-order valence-electron chi connectivity index (χ0n) is 11.5. The molecule has 0 amide bonds. The number of benzene rings is 1. The average molecular weight is 298 g/mol. The maximum Gasteiger partial charge on any atom is 0.215 e. The molecule has 0 aromatic heterocycles. The molecule has 0 saturated heterocycles. The first-order chi connectivity index (χ1) is 9.50. The molecule has 20 heavy (non-hydrogen) atoms. The summed E-state index contributed by atoms with van der Waals surface area (Å²) in [5.74, 6) is 0.412. The van der Waals surface area contributed by atoms with Crippen LogP contribution >= 0.6 is 0 Å². The third kappa shape index (κ3) is 4.19. The summed E-state index contributed by atoms with van der Waals surface area (Å²) in [5.41, 5.74) is 6.89. The lowest BCUT2D eigenvalue weighted by atomic mass is 9.97. The molecule has 112 valence electrons. The van der Waals surface area contributed by atoms with E-state index in [1.54, 1.807) is 24.3 Å². The summed E-state index contributed by atoms with van der Waals surface area (Å²) in [7, 11) is -3.36. The van der Waals surface area contributed by atoms with Gasteiger partial charge in [0.2, 0.25) is 10.0 Å². The second kappa shape index (κ2) is 6.56. The van der Waals surface area contributed by atoms with E-state index in [1.165, 1.54) is 0 Å². The van der Waals surface area contributed by atoms with Crippen molar-refractivity contribution in [3.05, 3.63) is 29.8 Å². The summed E-state index contributed by atoms with van der Waals surface area (Å²) in [6, 6.07) is 6.90. The van der Waals surface area contributed by atoms with Crippen molar-refractivity contribution in [1.82, 2.24) is 4.72 Å². The highest BCUT2D eigenvalue weighted by molar-refractivity contribution is 7.88. The van der Waals surface area contributed by atoms with Gasteiger partial charge in [0.25, 0.3) is 0 Å². The minimum atomic E-state index is -3.36. The van der Waals surface area contributed by atoms with Crippen molar-refractivity contribution in [2.75, 3.05) is 18.9 Å². The third-order valence-corrected chi connectivity index (χ3v) is 5.24. The Kier molecular flexibility index (Phi) is 5.01. The van der Waals surface area contributed by atoms with E-state index < -0.39 is 10.0 Å². The van der Waals surface area contributed by atoms with E-state index in [0.29, 0.717) is 17.8 Å². The van der Waals surface area contributed by atoms with E-state index in [9.17, 15) is 13.5 Å². The molecule has 6 heteroatoms. The predicted octanol–water partition coefficient (Wildman–Crippen LogP) is 1.10. The Morgan fingerprint density at radius 2 is 2.05 bits per heavy atom. The van der Waals surface area contributed by atoms with E-state index in [4.69, 9.17) is 5.73 Å². The zero-order chi connectivity index (χ0) is 14.6. The summed E-state index contributed by atoms with van der Waals surface area (Å²) in [6.45, 7) is 0.553. The fourth-order valence-corrected chi connectivity index (χ4v) is 4.00. The van der Waals surface area contributed by atoms with Crippen LogP contribution < -0.4 is 10.5 Å². The number of hydrogen-bond acceptors (Lipinski definition) is 4. The lowest BCUT2D eigenvalue weighted by molar-refractivity contribution is 0.195. The van der Waals surface area contributed by atoms with E-state index in [0.717, 1.165) is 19.3 Å². The number of aliphatic hydroxyl groups excluding tert-OH is 1. The van der Waals surface area contributed by atoms with Crippen LogP contribution in [0.15, 0.2) is 24.3 Å². The van der Waals surface area contributed by atoms with Gasteiger partial charge in [0, 0.05) is 18.8 Å². The van der Waals surface area contributed by atoms with E-state index in [2.05, 4.69) is 4.72 Å². The lowest BCUT2D eigenvalue weighted by Crippen LogP contribution is -2.32. The van der Waals surface area contributed by atoms with Crippen LogP contribution in [0.1, 0.15) is 24.8 Å². The van der Waals surface area contributed by atoms with Gasteiger partial charge in [-0.1, -0.05) is 18.6 Å². The first-order valence-electron chi connectivity index (χ1n) is 6.93. The Labute approximate surface area is 120 Å². The first kappa shape index (κ1) is 15.3. The van der Waals surface area contributed by atoms with Gasteiger partial charge in [0.05, 0.1) is 5.75 Å². The number of nitrogens with one attached hydrogen (secondary N) is 1. The van der Waals surface area contributed by atoms with Crippen molar-refractivity contribution in [3.63, 3.8) is 0 Å². The van der Waals surface area contributed by atoms with Gasteiger partial charge < -0.3 is 10.8 Å². The Morgan fingerprint density at radius 1 is 1.30 bits per heavy atom. The van der Waals surface area contributed by atoms with Crippen molar-refractivity contribution in [2.24, 2.45) is 11.8 Å². The van der Waals surface area contributed by atoms with Gasteiger partial charge in [-0.25, -0.2) is 13.1 Å². The molecular formula is C14H22N2O3S. The van der Waals surface area contributed by atoms with Crippen LogP contribution in [-0.2, 0) is 15.8 Å². The number of nitrogen functional groups attached to an aromatic ring is 1. The van der Waals surface area contributed by atoms with Crippen LogP contribution in [-0.4, -0.2) is 26.7 Å². The standard InChI is InChI=1S/C14H22N2O3S/c15-14-6-1-3-11(7-14)10-20(18,19)16-8-12-4-2-5-13(12)9-17/h1,3,6-7,12-13,16-17H,2,4-5,8-10,15H2. The maximum absolute atomic E-state index is 12.0. The second-order valence-electron chi connectivity index (χ2n) is 5.49. The van der Waals surface area contributed by atoms with Crippen LogP contribution in [0.2, 0.25) is 0 Å². The van der Waals surface area contributed by atoms with Gasteiger partial charge in [-0.05, 0) is 42.4 Å². The largest absolute Gasteiger partial charge is 0.399 e. The van der Waals surface area contributed by atoms with Crippen molar-refractivity contribution in [1.29, 1.82) is 0 Å². The van der Waals surface area contributed by atoms with E-state index in [1.807, 2.05) is 0 Å². The van der Waals surface area contributed by atoms with Gasteiger partial charge in [0.15, 0.2) is 0 Å². The Bertz CT molecular complexity index is 545. The topological polar surface area (TPSA) is 92.4 Å². The smallest absolute Gasteiger partial charge is 0.215 e. The Balaban J connectivity index is 1.91. The fourth-order valence-electron chi connectivity index (χ4n) is 2.81. The number of aliphatic hydroxyl groups is 1. The molecule has 0 heterocycles. The normalized spacial score (nSPS) is 23.1. The molecule has 5 nitrogen and oxygen atoms in total. The summed E-state index contributed by atoms with van der Waals surface area (Å²) in [5, 5.41) is 9.24. The molecule has 1 aromatic carbocycles. The highest BCUT2D eigenvalue weighted by atomic mass is 32.2. The molecule has 1 aliphatic carbocycles. The molecule has 0 spiro atoms. The molecule has 0 aliphatic heterocycles. The zero-order valence-corrected chi connectivity index (χ0v) is 12.3. The number of sulfonamides is 1. The summed E-state index contributed by atoms with van der Waals surface area (Å²) < 4.78 is 26.8. The highest BCUT2D eigenvalue weighted by Crippen LogP contribution is 2.30. The molecule has 2 rings (SSSR count). The van der Waals surface area contributed by atoms with Crippen molar-refractivity contribution in [2.45, 2.75) is 25.0 Å². The minimum absolute atomic E-state index is 0.0610. The molecule has 1 aromatic rings. The van der Waals surface area contributed by atoms with Crippen LogP contribution in [0.3, 0.4) is 0 Å². The third-order valence-electron chi connectivity index (χ3n) is 3.92. The molecule has 2 atom stereocenters. The van der Waals surface area contributed by atoms with Crippen LogP contribution in [0.5, 0.6) is 0 Å². The number of hydrogen-bond donors (Lipinski definition) is 3. The molecular weight excluding hydrogens is 276 g/mol. The van der Waals surface area contributed by atoms with Crippen molar-refractivity contribution < 1.29 is 13.5 Å². The molecule has 0 bridgehead atoms. The average Bonchev–Trinajstić information content (AvgIpc) is 2.83.